The molecule has 1 amide bonds. The number of ether oxygens (including phenoxy) is 1. The predicted molar refractivity (Wildman–Crippen MR) is 99.9 cm³/mol. The van der Waals surface area contributed by atoms with E-state index in [9.17, 15) is 9.59 Å². The van der Waals surface area contributed by atoms with Crippen molar-refractivity contribution < 1.29 is 9.53 Å². The summed E-state index contributed by atoms with van der Waals surface area (Å²) in [6, 6.07) is 10.2. The number of para-hydroxylation sites is 2. The number of nitrogens with zero attached hydrogens (tertiary/aromatic N) is 2. The molecular formula is C17H14BrN3O3S. The van der Waals surface area contributed by atoms with E-state index in [1.807, 2.05) is 11.4 Å². The van der Waals surface area contributed by atoms with E-state index >= 15 is 0 Å². The van der Waals surface area contributed by atoms with Crippen LogP contribution in [0.3, 0.4) is 0 Å². The molecule has 128 valence electrons. The van der Waals surface area contributed by atoms with Gasteiger partial charge in [-0.25, -0.2) is 4.98 Å². The van der Waals surface area contributed by atoms with Gasteiger partial charge in [-0.15, -0.1) is 11.3 Å². The second-order valence-electron chi connectivity index (χ2n) is 5.13. The number of aromatic nitrogens is 2. The third-order valence-corrected chi connectivity index (χ3v) is 4.39. The molecular weight excluding hydrogens is 406 g/mol. The molecule has 25 heavy (non-hydrogen) atoms. The molecule has 0 atom stereocenters. The van der Waals surface area contributed by atoms with E-state index in [-0.39, 0.29) is 18.0 Å². The van der Waals surface area contributed by atoms with Gasteiger partial charge in [-0.1, -0.05) is 12.1 Å². The number of hydrogen-bond donors (Lipinski definition) is 1. The molecule has 6 nitrogen and oxygen atoms in total. The van der Waals surface area contributed by atoms with Crippen LogP contribution in [-0.2, 0) is 17.9 Å². The first-order valence-corrected chi connectivity index (χ1v) is 9.10. The predicted octanol–water partition coefficient (Wildman–Crippen LogP) is 3.29. The van der Waals surface area contributed by atoms with Crippen LogP contribution in [-0.4, -0.2) is 15.5 Å². The molecule has 0 fully saturated rings. The molecule has 2 aromatic heterocycles. The number of hydrogen-bond acceptors (Lipinski definition) is 5. The van der Waals surface area contributed by atoms with Crippen molar-refractivity contribution in [1.82, 2.24) is 9.55 Å². The van der Waals surface area contributed by atoms with E-state index in [2.05, 4.69) is 26.2 Å². The molecule has 1 aromatic carbocycles. The Morgan fingerprint density at radius 1 is 1.28 bits per heavy atom. The zero-order valence-corrected chi connectivity index (χ0v) is 15.4. The van der Waals surface area contributed by atoms with E-state index in [1.54, 1.807) is 36.0 Å². The molecule has 3 rings (SSSR count). The SMILES string of the molecule is O=C(Cn1cc(Br)ccc1=O)Nc1ccccc1OCc1cscn1. The van der Waals surface area contributed by atoms with Crippen molar-refractivity contribution >= 4 is 38.9 Å². The topological polar surface area (TPSA) is 73.2 Å². The minimum Gasteiger partial charge on any atom is -0.485 e. The molecule has 2 heterocycles. The van der Waals surface area contributed by atoms with Gasteiger partial charge in [0.1, 0.15) is 18.9 Å². The fourth-order valence-corrected chi connectivity index (χ4v) is 3.05. The largest absolute Gasteiger partial charge is 0.485 e. The highest BCUT2D eigenvalue weighted by Crippen LogP contribution is 2.24. The lowest BCUT2D eigenvalue weighted by Crippen LogP contribution is -2.26. The van der Waals surface area contributed by atoms with E-state index in [0.29, 0.717) is 18.0 Å². The summed E-state index contributed by atoms with van der Waals surface area (Å²) in [5, 5.41) is 4.68. The van der Waals surface area contributed by atoms with Crippen LogP contribution < -0.4 is 15.6 Å². The van der Waals surface area contributed by atoms with Crippen molar-refractivity contribution in [2.24, 2.45) is 0 Å². The van der Waals surface area contributed by atoms with E-state index < -0.39 is 0 Å². The fourth-order valence-electron chi connectivity index (χ4n) is 2.13. The van der Waals surface area contributed by atoms with Gasteiger partial charge >= 0.3 is 0 Å². The molecule has 0 saturated carbocycles. The lowest BCUT2D eigenvalue weighted by molar-refractivity contribution is -0.116. The molecule has 0 aliphatic heterocycles. The highest BCUT2D eigenvalue weighted by molar-refractivity contribution is 9.10. The summed E-state index contributed by atoms with van der Waals surface area (Å²) in [5.74, 6) is 0.232. The summed E-state index contributed by atoms with van der Waals surface area (Å²) >= 11 is 4.78. The molecule has 0 spiro atoms. The van der Waals surface area contributed by atoms with Gasteiger partial charge in [0.05, 0.1) is 16.9 Å². The summed E-state index contributed by atoms with van der Waals surface area (Å²) in [5.41, 5.74) is 2.87. The van der Waals surface area contributed by atoms with E-state index in [4.69, 9.17) is 4.74 Å². The quantitative estimate of drug-likeness (QED) is 0.665. The molecule has 0 aliphatic carbocycles. The van der Waals surface area contributed by atoms with Gasteiger partial charge < -0.3 is 14.6 Å². The number of anilines is 1. The Labute approximate surface area is 156 Å². The Bertz CT molecular complexity index is 925. The van der Waals surface area contributed by atoms with Crippen molar-refractivity contribution in [2.45, 2.75) is 13.2 Å². The number of thiazole rings is 1. The van der Waals surface area contributed by atoms with Gasteiger partial charge in [0.25, 0.3) is 5.56 Å². The number of halogens is 1. The number of carbonyl (C=O) groups excluding carboxylic acids is 1. The first-order chi connectivity index (χ1) is 12.1. The van der Waals surface area contributed by atoms with Gasteiger partial charge in [-0.2, -0.15) is 0 Å². The molecule has 3 aromatic rings. The Morgan fingerprint density at radius 2 is 2.12 bits per heavy atom. The van der Waals surface area contributed by atoms with Crippen LogP contribution in [0.4, 0.5) is 5.69 Å². The normalized spacial score (nSPS) is 10.4. The molecule has 8 heteroatoms. The molecule has 0 radical (unpaired) electrons. The molecule has 0 saturated heterocycles. The van der Waals surface area contributed by atoms with Gasteiger partial charge in [-0.3, -0.25) is 9.59 Å². The van der Waals surface area contributed by atoms with Crippen molar-refractivity contribution in [3.63, 3.8) is 0 Å². The number of rotatable bonds is 6. The molecule has 0 unspecified atom stereocenters. The minimum absolute atomic E-state index is 0.0846. The summed E-state index contributed by atoms with van der Waals surface area (Å²) in [6.07, 6.45) is 1.58. The summed E-state index contributed by atoms with van der Waals surface area (Å²) in [4.78, 5) is 28.2. The van der Waals surface area contributed by atoms with Gasteiger partial charge in [0.2, 0.25) is 5.91 Å². The monoisotopic (exact) mass is 419 g/mol. The standard InChI is InChI=1S/C17H14BrN3O3S/c18-12-5-6-17(23)21(7-12)8-16(22)20-14-3-1-2-4-15(14)24-9-13-10-25-11-19-13/h1-7,10-11H,8-9H2,(H,20,22). The first kappa shape index (κ1) is 17.4. The van der Waals surface area contributed by atoms with Crippen molar-refractivity contribution in [3.8, 4) is 5.75 Å². The maximum absolute atomic E-state index is 12.3. The Balaban J connectivity index is 1.68. The Kier molecular flexibility index (Phi) is 5.62. The lowest BCUT2D eigenvalue weighted by Gasteiger charge is -2.12. The van der Waals surface area contributed by atoms with Crippen LogP contribution in [0, 0.1) is 0 Å². The van der Waals surface area contributed by atoms with Gasteiger partial charge in [-0.05, 0) is 34.1 Å². The number of benzene rings is 1. The van der Waals surface area contributed by atoms with Crippen LogP contribution in [0.5, 0.6) is 5.75 Å². The van der Waals surface area contributed by atoms with Crippen LogP contribution in [0.15, 0.2) is 62.8 Å². The third-order valence-electron chi connectivity index (χ3n) is 3.28. The van der Waals surface area contributed by atoms with Crippen molar-refractivity contribution in [1.29, 1.82) is 0 Å². The third kappa shape index (κ3) is 4.77. The number of amides is 1. The van der Waals surface area contributed by atoms with Crippen LogP contribution in [0.1, 0.15) is 5.69 Å². The zero-order chi connectivity index (χ0) is 17.6. The van der Waals surface area contributed by atoms with Crippen LogP contribution >= 0.6 is 27.3 Å². The molecule has 0 aliphatic rings. The lowest BCUT2D eigenvalue weighted by atomic mass is 10.3. The number of pyridine rings is 1. The van der Waals surface area contributed by atoms with E-state index in [0.717, 1.165) is 10.2 Å². The maximum Gasteiger partial charge on any atom is 0.251 e. The van der Waals surface area contributed by atoms with Crippen molar-refractivity contribution in [2.75, 3.05) is 5.32 Å². The summed E-state index contributed by atoms with van der Waals surface area (Å²) < 4.78 is 7.79. The second kappa shape index (κ2) is 8.09. The van der Waals surface area contributed by atoms with Crippen LogP contribution in [0.2, 0.25) is 0 Å². The molecule has 1 N–H and O–H groups in total. The minimum atomic E-state index is -0.315. The fraction of sp³-hybridized carbons (Fsp3) is 0.118. The summed E-state index contributed by atoms with van der Waals surface area (Å²) in [7, 11) is 0. The Hall–Kier alpha value is -2.45. The van der Waals surface area contributed by atoms with Gasteiger partial charge in [0.15, 0.2) is 0 Å². The first-order valence-electron chi connectivity index (χ1n) is 7.36. The number of carbonyl (C=O) groups is 1. The number of nitrogens with one attached hydrogen (secondary N) is 1. The zero-order valence-electron chi connectivity index (χ0n) is 13.0. The summed E-state index contributed by atoms with van der Waals surface area (Å²) in [6.45, 7) is 0.236. The highest BCUT2D eigenvalue weighted by atomic mass is 79.9. The maximum atomic E-state index is 12.3. The average Bonchev–Trinajstić information content (AvgIpc) is 3.11. The average molecular weight is 420 g/mol. The second-order valence-corrected chi connectivity index (χ2v) is 6.76. The highest BCUT2D eigenvalue weighted by Gasteiger charge is 2.10. The van der Waals surface area contributed by atoms with Crippen molar-refractivity contribution in [3.05, 3.63) is 74.0 Å². The van der Waals surface area contributed by atoms with E-state index in [1.165, 1.54) is 22.0 Å². The van der Waals surface area contributed by atoms with Gasteiger partial charge in [0, 0.05) is 22.1 Å². The van der Waals surface area contributed by atoms with Crippen LogP contribution in [0.25, 0.3) is 0 Å². The smallest absolute Gasteiger partial charge is 0.251 e. The molecule has 0 bridgehead atoms. The Morgan fingerprint density at radius 3 is 2.92 bits per heavy atom.